The van der Waals surface area contributed by atoms with Crippen LogP contribution < -0.4 is 15.5 Å². The molecule has 3 N–H and O–H groups in total. The van der Waals surface area contributed by atoms with E-state index < -0.39 is 0 Å². The molecule has 0 aromatic carbocycles. The minimum Gasteiger partial charge on any atom is -0.391 e. The molecule has 7 heteroatoms. The summed E-state index contributed by atoms with van der Waals surface area (Å²) < 4.78 is 0. The fourth-order valence-corrected chi connectivity index (χ4v) is 1.53. The van der Waals surface area contributed by atoms with Gasteiger partial charge in [0.15, 0.2) is 0 Å². The maximum atomic E-state index is 9.70. The highest BCUT2D eigenvalue weighted by Crippen LogP contribution is 2.11. The maximum absolute atomic E-state index is 9.70. The summed E-state index contributed by atoms with van der Waals surface area (Å²) in [5.74, 6) is 1.59. The zero-order valence-electron chi connectivity index (χ0n) is 12.1. The zero-order valence-corrected chi connectivity index (χ0v) is 12.1. The van der Waals surface area contributed by atoms with Crippen molar-refractivity contribution in [1.82, 2.24) is 15.0 Å². The third kappa shape index (κ3) is 5.25. The van der Waals surface area contributed by atoms with Crippen LogP contribution in [0.25, 0.3) is 0 Å². The van der Waals surface area contributed by atoms with Crippen molar-refractivity contribution < 1.29 is 5.11 Å². The largest absolute Gasteiger partial charge is 0.391 e. The van der Waals surface area contributed by atoms with Gasteiger partial charge in [-0.15, -0.1) is 0 Å². The Morgan fingerprint density at radius 2 is 1.74 bits per heavy atom. The minimum atomic E-state index is -0.382. The molecule has 0 aliphatic heterocycles. The number of aliphatic hydroxyl groups excluding tert-OH is 1. The van der Waals surface area contributed by atoms with E-state index in [0.717, 1.165) is 19.4 Å². The van der Waals surface area contributed by atoms with Crippen molar-refractivity contribution in [2.45, 2.75) is 32.8 Å². The topological polar surface area (TPSA) is 86.2 Å². The molecule has 0 bridgehead atoms. The predicted octanol–water partition coefficient (Wildman–Crippen LogP) is 0.942. The molecule has 1 unspecified atom stereocenters. The van der Waals surface area contributed by atoms with E-state index in [4.69, 9.17) is 0 Å². The molecule has 19 heavy (non-hydrogen) atoms. The molecule has 0 saturated carbocycles. The van der Waals surface area contributed by atoms with Gasteiger partial charge in [0.1, 0.15) is 0 Å². The number of anilines is 3. The van der Waals surface area contributed by atoms with E-state index in [1.807, 2.05) is 32.8 Å². The van der Waals surface area contributed by atoms with E-state index in [2.05, 4.69) is 25.6 Å². The van der Waals surface area contributed by atoms with Crippen LogP contribution in [-0.4, -0.2) is 53.3 Å². The van der Waals surface area contributed by atoms with E-state index in [-0.39, 0.29) is 6.10 Å². The predicted molar refractivity (Wildman–Crippen MR) is 77.7 cm³/mol. The van der Waals surface area contributed by atoms with Gasteiger partial charge in [-0.25, -0.2) is 0 Å². The monoisotopic (exact) mass is 268 g/mol. The number of hydrogen-bond donors (Lipinski definition) is 3. The van der Waals surface area contributed by atoms with Crippen molar-refractivity contribution in [3.05, 3.63) is 0 Å². The number of rotatable bonds is 8. The summed E-state index contributed by atoms with van der Waals surface area (Å²) in [6, 6.07) is 0. The van der Waals surface area contributed by atoms with Crippen molar-refractivity contribution in [1.29, 1.82) is 0 Å². The number of aliphatic hydroxyl groups is 1. The molecule has 0 aliphatic rings. The first-order chi connectivity index (χ1) is 9.06. The normalized spacial score (nSPS) is 12.1. The van der Waals surface area contributed by atoms with E-state index in [1.165, 1.54) is 0 Å². The van der Waals surface area contributed by atoms with Crippen LogP contribution in [0.4, 0.5) is 17.8 Å². The molecule has 1 aromatic heterocycles. The summed E-state index contributed by atoms with van der Waals surface area (Å²) in [6.07, 6.45) is 1.33. The summed E-state index contributed by atoms with van der Waals surface area (Å²) >= 11 is 0. The Balaban J connectivity index is 2.75. The molecule has 0 amide bonds. The van der Waals surface area contributed by atoms with Crippen LogP contribution in [0.1, 0.15) is 26.7 Å². The lowest BCUT2D eigenvalue weighted by Crippen LogP contribution is -2.22. The van der Waals surface area contributed by atoms with Crippen LogP contribution in [0, 0.1) is 0 Å². The highest BCUT2D eigenvalue weighted by Gasteiger charge is 2.09. The van der Waals surface area contributed by atoms with Crippen LogP contribution in [-0.2, 0) is 0 Å². The summed E-state index contributed by atoms with van der Waals surface area (Å²) in [7, 11) is 3.75. The Morgan fingerprint density at radius 3 is 2.26 bits per heavy atom. The lowest BCUT2D eigenvalue weighted by atomic mass is 10.2. The Hall–Kier alpha value is -1.63. The molecule has 0 radical (unpaired) electrons. The second-order valence-electron chi connectivity index (χ2n) is 4.53. The van der Waals surface area contributed by atoms with Gasteiger partial charge in [0.05, 0.1) is 6.10 Å². The Kier molecular flexibility index (Phi) is 6.27. The lowest BCUT2D eigenvalue weighted by Gasteiger charge is -2.15. The smallest absolute Gasteiger partial charge is 0.231 e. The summed E-state index contributed by atoms with van der Waals surface area (Å²) in [6.45, 7) is 5.21. The van der Waals surface area contributed by atoms with Gasteiger partial charge >= 0.3 is 0 Å². The third-order valence-corrected chi connectivity index (χ3v) is 2.48. The first kappa shape index (κ1) is 15.4. The first-order valence-electron chi connectivity index (χ1n) is 6.66. The number of nitrogens with one attached hydrogen (secondary N) is 2. The van der Waals surface area contributed by atoms with Gasteiger partial charge in [0.25, 0.3) is 0 Å². The average molecular weight is 268 g/mol. The average Bonchev–Trinajstić information content (AvgIpc) is 2.37. The van der Waals surface area contributed by atoms with Crippen LogP contribution in [0.2, 0.25) is 0 Å². The lowest BCUT2D eigenvalue weighted by molar-refractivity contribution is 0.176. The summed E-state index contributed by atoms with van der Waals surface area (Å²) in [5, 5.41) is 15.8. The molecule has 0 aliphatic carbocycles. The molecule has 1 heterocycles. The van der Waals surface area contributed by atoms with E-state index in [9.17, 15) is 5.11 Å². The van der Waals surface area contributed by atoms with Crippen molar-refractivity contribution >= 4 is 17.8 Å². The zero-order chi connectivity index (χ0) is 14.3. The summed E-state index contributed by atoms with van der Waals surface area (Å²) in [4.78, 5) is 14.6. The van der Waals surface area contributed by atoms with Crippen molar-refractivity contribution in [3.63, 3.8) is 0 Å². The Labute approximate surface area is 114 Å². The van der Waals surface area contributed by atoms with Gasteiger partial charge in [-0.1, -0.05) is 13.3 Å². The van der Waals surface area contributed by atoms with Crippen LogP contribution >= 0.6 is 0 Å². The fraction of sp³-hybridized carbons (Fsp3) is 0.750. The second-order valence-corrected chi connectivity index (χ2v) is 4.53. The first-order valence-corrected chi connectivity index (χ1v) is 6.66. The third-order valence-electron chi connectivity index (χ3n) is 2.48. The SMILES string of the molecule is CCCC(O)CNc1nc(NCC)nc(N(C)C)n1. The number of hydrogen-bond acceptors (Lipinski definition) is 7. The van der Waals surface area contributed by atoms with Crippen molar-refractivity contribution in [2.24, 2.45) is 0 Å². The van der Waals surface area contributed by atoms with E-state index >= 15 is 0 Å². The maximum Gasteiger partial charge on any atom is 0.231 e. The van der Waals surface area contributed by atoms with Crippen molar-refractivity contribution in [3.8, 4) is 0 Å². The minimum absolute atomic E-state index is 0.382. The van der Waals surface area contributed by atoms with Crippen molar-refractivity contribution in [2.75, 3.05) is 42.7 Å². The van der Waals surface area contributed by atoms with Gasteiger partial charge < -0.3 is 20.6 Å². The molecule has 108 valence electrons. The highest BCUT2D eigenvalue weighted by atomic mass is 16.3. The Morgan fingerprint density at radius 1 is 1.11 bits per heavy atom. The second kappa shape index (κ2) is 7.73. The van der Waals surface area contributed by atoms with Gasteiger partial charge in [0.2, 0.25) is 17.8 Å². The quantitative estimate of drug-likeness (QED) is 0.647. The molecule has 0 fully saturated rings. The highest BCUT2D eigenvalue weighted by molar-refractivity contribution is 5.42. The summed E-state index contributed by atoms with van der Waals surface area (Å²) in [5.41, 5.74) is 0. The number of nitrogens with zero attached hydrogens (tertiary/aromatic N) is 4. The van der Waals surface area contributed by atoms with Gasteiger partial charge in [-0.2, -0.15) is 15.0 Å². The number of aromatic nitrogens is 3. The van der Waals surface area contributed by atoms with Crippen LogP contribution in [0.3, 0.4) is 0 Å². The van der Waals surface area contributed by atoms with Gasteiger partial charge in [-0.3, -0.25) is 0 Å². The molecule has 1 aromatic rings. The van der Waals surface area contributed by atoms with Gasteiger partial charge in [0, 0.05) is 27.2 Å². The van der Waals surface area contributed by atoms with E-state index in [1.54, 1.807) is 0 Å². The molecule has 7 nitrogen and oxygen atoms in total. The molecular formula is C12H24N6O. The Bertz CT molecular complexity index is 384. The van der Waals surface area contributed by atoms with Crippen LogP contribution in [0.15, 0.2) is 0 Å². The fourth-order valence-electron chi connectivity index (χ4n) is 1.53. The van der Waals surface area contributed by atoms with Crippen LogP contribution in [0.5, 0.6) is 0 Å². The standard InChI is InChI=1S/C12H24N6O/c1-5-7-9(19)8-14-11-15-10(13-6-2)16-12(17-11)18(3)4/h9,19H,5-8H2,1-4H3,(H2,13,14,15,16,17). The molecular weight excluding hydrogens is 244 g/mol. The van der Waals surface area contributed by atoms with E-state index in [0.29, 0.717) is 24.4 Å². The molecule has 1 rings (SSSR count). The van der Waals surface area contributed by atoms with Gasteiger partial charge in [-0.05, 0) is 13.3 Å². The molecule has 0 saturated heterocycles. The molecule has 0 spiro atoms. The molecule has 1 atom stereocenters.